The number of halogens is 4. The van der Waals surface area contributed by atoms with Crippen molar-refractivity contribution < 1.29 is 17.6 Å². The summed E-state index contributed by atoms with van der Waals surface area (Å²) in [6, 6.07) is 0. The quantitative estimate of drug-likeness (QED) is 0.466. The van der Waals surface area contributed by atoms with Crippen molar-refractivity contribution in [1.29, 1.82) is 0 Å². The lowest BCUT2D eigenvalue weighted by molar-refractivity contribution is 0.120. The van der Waals surface area contributed by atoms with Crippen LogP contribution in [0.15, 0.2) is 0 Å². The second kappa shape index (κ2) is 9.68. The number of hydrogen-bond donors (Lipinski definition) is 1. The molecule has 0 saturated heterocycles. The molecule has 0 radical (unpaired) electrons. The average molecular weight is 257 g/mol. The highest BCUT2D eigenvalue weighted by atomic mass is 19.2. The number of unbranched alkanes of at least 4 members (excludes halogenated alkanes) is 1. The maximum Gasteiger partial charge on any atom is 0.143 e. The van der Waals surface area contributed by atoms with Crippen LogP contribution in [0.5, 0.6) is 0 Å². The molecule has 104 valence electrons. The summed E-state index contributed by atoms with van der Waals surface area (Å²) in [6.07, 6.45) is -5.33. The van der Waals surface area contributed by atoms with Crippen molar-refractivity contribution in [3.05, 3.63) is 0 Å². The molecule has 1 N–H and O–H groups in total. The molecular weight excluding hydrogens is 234 g/mol. The van der Waals surface area contributed by atoms with Gasteiger partial charge in [0.15, 0.2) is 0 Å². The van der Waals surface area contributed by atoms with Crippen molar-refractivity contribution >= 4 is 0 Å². The van der Waals surface area contributed by atoms with Gasteiger partial charge in [-0.25, -0.2) is 17.6 Å². The van der Waals surface area contributed by atoms with E-state index in [1.165, 1.54) is 0 Å². The summed E-state index contributed by atoms with van der Waals surface area (Å²) in [5.74, 6) is 0. The standard InChI is InChI=1S/C12H23F4N/c1-3-4-7-17-8-12(16)11(15)6-5-10(14)9(2)13/h9-12,17H,3-8H2,1-2H3. The summed E-state index contributed by atoms with van der Waals surface area (Å²) in [4.78, 5) is 0. The van der Waals surface area contributed by atoms with Gasteiger partial charge < -0.3 is 5.32 Å². The van der Waals surface area contributed by atoms with Crippen molar-refractivity contribution in [1.82, 2.24) is 5.32 Å². The zero-order valence-electron chi connectivity index (χ0n) is 10.6. The molecule has 0 saturated carbocycles. The summed E-state index contributed by atoms with van der Waals surface area (Å²) < 4.78 is 51.7. The Bertz CT molecular complexity index is 178. The number of hydrogen-bond acceptors (Lipinski definition) is 1. The first-order valence-corrected chi connectivity index (χ1v) is 6.26. The number of nitrogens with one attached hydrogen (secondary N) is 1. The Labute approximate surface area is 101 Å². The van der Waals surface area contributed by atoms with Gasteiger partial charge in [0.2, 0.25) is 0 Å². The predicted octanol–water partition coefficient (Wildman–Crippen LogP) is 3.53. The maximum atomic E-state index is 13.2. The minimum absolute atomic E-state index is 0.0662. The number of rotatable bonds is 10. The van der Waals surface area contributed by atoms with Crippen molar-refractivity contribution in [2.75, 3.05) is 13.1 Å². The Morgan fingerprint density at radius 3 is 2.06 bits per heavy atom. The molecule has 1 nitrogen and oxygen atoms in total. The van der Waals surface area contributed by atoms with E-state index in [9.17, 15) is 17.6 Å². The lowest BCUT2D eigenvalue weighted by Crippen LogP contribution is -2.32. The molecule has 0 rings (SSSR count). The second-order valence-corrected chi connectivity index (χ2v) is 4.36. The molecule has 0 aromatic rings. The highest BCUT2D eigenvalue weighted by molar-refractivity contribution is 4.74. The fraction of sp³-hybridized carbons (Fsp3) is 1.00. The van der Waals surface area contributed by atoms with Gasteiger partial charge in [0.25, 0.3) is 0 Å². The van der Waals surface area contributed by atoms with Crippen LogP contribution in [0.3, 0.4) is 0 Å². The van der Waals surface area contributed by atoms with Crippen LogP contribution in [0, 0.1) is 0 Å². The van der Waals surface area contributed by atoms with Crippen LogP contribution in [0.25, 0.3) is 0 Å². The van der Waals surface area contributed by atoms with Crippen LogP contribution < -0.4 is 5.32 Å². The van der Waals surface area contributed by atoms with Crippen LogP contribution in [-0.2, 0) is 0 Å². The van der Waals surface area contributed by atoms with Crippen molar-refractivity contribution in [2.45, 2.75) is 64.2 Å². The molecule has 4 unspecified atom stereocenters. The van der Waals surface area contributed by atoms with Gasteiger partial charge in [-0.15, -0.1) is 0 Å². The SMILES string of the molecule is CCCCNCC(F)C(F)CCC(F)C(C)F. The van der Waals surface area contributed by atoms with Gasteiger partial charge in [-0.3, -0.25) is 0 Å². The van der Waals surface area contributed by atoms with E-state index < -0.39 is 24.7 Å². The largest absolute Gasteiger partial charge is 0.314 e. The van der Waals surface area contributed by atoms with E-state index in [0.29, 0.717) is 6.54 Å². The third-order valence-electron chi connectivity index (χ3n) is 2.66. The van der Waals surface area contributed by atoms with Crippen LogP contribution in [0.4, 0.5) is 17.6 Å². The smallest absolute Gasteiger partial charge is 0.143 e. The third-order valence-corrected chi connectivity index (χ3v) is 2.66. The minimum atomic E-state index is -1.72. The van der Waals surface area contributed by atoms with E-state index in [0.717, 1.165) is 19.8 Å². The van der Waals surface area contributed by atoms with Crippen LogP contribution in [0.2, 0.25) is 0 Å². The summed E-state index contributed by atoms with van der Waals surface area (Å²) in [5.41, 5.74) is 0. The Hall–Kier alpha value is -0.320. The topological polar surface area (TPSA) is 12.0 Å². The molecular formula is C12H23F4N. The normalized spacial score (nSPS) is 18.7. The first kappa shape index (κ1) is 16.7. The van der Waals surface area contributed by atoms with Crippen molar-refractivity contribution in [3.63, 3.8) is 0 Å². The summed E-state index contributed by atoms with van der Waals surface area (Å²) in [7, 11) is 0. The Morgan fingerprint density at radius 2 is 1.53 bits per heavy atom. The molecule has 0 heterocycles. The van der Waals surface area contributed by atoms with Gasteiger partial charge in [0.05, 0.1) is 0 Å². The van der Waals surface area contributed by atoms with Crippen LogP contribution >= 0.6 is 0 Å². The van der Waals surface area contributed by atoms with Gasteiger partial charge in [-0.2, -0.15) is 0 Å². The molecule has 0 amide bonds. The van der Waals surface area contributed by atoms with E-state index in [-0.39, 0.29) is 19.4 Å². The van der Waals surface area contributed by atoms with E-state index in [1.807, 2.05) is 6.92 Å². The van der Waals surface area contributed by atoms with Gasteiger partial charge in [0.1, 0.15) is 24.7 Å². The highest BCUT2D eigenvalue weighted by Gasteiger charge is 2.23. The molecule has 4 atom stereocenters. The monoisotopic (exact) mass is 257 g/mol. The lowest BCUT2D eigenvalue weighted by Gasteiger charge is -2.16. The molecule has 0 aromatic carbocycles. The minimum Gasteiger partial charge on any atom is -0.314 e. The van der Waals surface area contributed by atoms with E-state index in [1.54, 1.807) is 0 Å². The molecule has 0 aliphatic heterocycles. The third kappa shape index (κ3) is 8.41. The Morgan fingerprint density at radius 1 is 0.941 bits per heavy atom. The fourth-order valence-corrected chi connectivity index (χ4v) is 1.40. The fourth-order valence-electron chi connectivity index (χ4n) is 1.40. The summed E-state index contributed by atoms with van der Waals surface area (Å²) in [5, 5.41) is 2.79. The molecule has 0 spiro atoms. The highest BCUT2D eigenvalue weighted by Crippen LogP contribution is 2.16. The summed E-state index contributed by atoms with van der Waals surface area (Å²) in [6.45, 7) is 3.67. The first-order valence-electron chi connectivity index (χ1n) is 6.26. The first-order chi connectivity index (χ1) is 7.99. The van der Waals surface area contributed by atoms with E-state index in [4.69, 9.17) is 0 Å². The van der Waals surface area contributed by atoms with Gasteiger partial charge in [0, 0.05) is 6.54 Å². The zero-order chi connectivity index (χ0) is 13.3. The second-order valence-electron chi connectivity index (χ2n) is 4.36. The van der Waals surface area contributed by atoms with Crippen molar-refractivity contribution in [3.8, 4) is 0 Å². The molecule has 0 aliphatic rings. The Balaban J connectivity index is 3.63. The molecule has 0 bridgehead atoms. The molecule has 17 heavy (non-hydrogen) atoms. The maximum absolute atomic E-state index is 13.2. The molecule has 5 heteroatoms. The van der Waals surface area contributed by atoms with Crippen LogP contribution in [0.1, 0.15) is 39.5 Å². The van der Waals surface area contributed by atoms with E-state index >= 15 is 0 Å². The van der Waals surface area contributed by atoms with E-state index in [2.05, 4.69) is 5.32 Å². The average Bonchev–Trinajstić information content (AvgIpc) is 2.30. The molecule has 0 aliphatic carbocycles. The van der Waals surface area contributed by atoms with Crippen molar-refractivity contribution in [2.24, 2.45) is 0 Å². The molecule has 0 aromatic heterocycles. The van der Waals surface area contributed by atoms with Gasteiger partial charge in [-0.1, -0.05) is 13.3 Å². The van der Waals surface area contributed by atoms with Crippen LogP contribution in [-0.4, -0.2) is 37.8 Å². The van der Waals surface area contributed by atoms with Gasteiger partial charge in [-0.05, 0) is 32.7 Å². The Kier molecular flexibility index (Phi) is 9.50. The molecule has 0 fully saturated rings. The zero-order valence-corrected chi connectivity index (χ0v) is 10.6. The number of alkyl halides is 4. The predicted molar refractivity (Wildman–Crippen MR) is 62.3 cm³/mol. The summed E-state index contributed by atoms with van der Waals surface area (Å²) >= 11 is 0. The lowest BCUT2D eigenvalue weighted by atomic mass is 10.1. The van der Waals surface area contributed by atoms with Gasteiger partial charge >= 0.3 is 0 Å².